The van der Waals surface area contributed by atoms with Crippen LogP contribution in [-0.4, -0.2) is 54.2 Å². The lowest BCUT2D eigenvalue weighted by molar-refractivity contribution is -0.136. The Hall–Kier alpha value is -1.96. The number of nitrogens with two attached hydrogens (primary N) is 1. The zero-order chi connectivity index (χ0) is 19.0. The summed E-state index contributed by atoms with van der Waals surface area (Å²) in [6.45, 7) is 3.90. The van der Waals surface area contributed by atoms with Crippen LogP contribution in [0.25, 0.3) is 0 Å². The SMILES string of the molecule is CC(=O)N(C)CCCC(C)C(=O)NC(CC(=O)C(N)=O)NC1CCC1. The molecule has 0 heterocycles. The molecule has 142 valence electrons. The maximum atomic E-state index is 12.3. The quantitative estimate of drug-likeness (QED) is 0.354. The predicted octanol–water partition coefficient (Wildman–Crippen LogP) is -0.0901. The van der Waals surface area contributed by atoms with Gasteiger partial charge in [-0.05, 0) is 25.7 Å². The van der Waals surface area contributed by atoms with Gasteiger partial charge in [0.1, 0.15) is 0 Å². The number of ketones is 1. The lowest BCUT2D eigenvalue weighted by Gasteiger charge is -2.32. The third kappa shape index (κ3) is 7.64. The van der Waals surface area contributed by atoms with Gasteiger partial charge in [0.15, 0.2) is 0 Å². The lowest BCUT2D eigenvalue weighted by Crippen LogP contribution is -2.54. The molecule has 0 aliphatic heterocycles. The van der Waals surface area contributed by atoms with Gasteiger partial charge >= 0.3 is 0 Å². The van der Waals surface area contributed by atoms with E-state index in [2.05, 4.69) is 10.6 Å². The summed E-state index contributed by atoms with van der Waals surface area (Å²) in [7, 11) is 1.72. The number of carbonyl (C=O) groups excluding carboxylic acids is 4. The number of carbonyl (C=O) groups is 4. The Morgan fingerprint density at radius 3 is 2.36 bits per heavy atom. The fourth-order valence-corrected chi connectivity index (χ4v) is 2.53. The summed E-state index contributed by atoms with van der Waals surface area (Å²) < 4.78 is 0. The van der Waals surface area contributed by atoms with Crippen molar-refractivity contribution in [2.24, 2.45) is 11.7 Å². The standard InChI is InChI=1S/C17H30N4O4/c1-11(6-5-9-21(3)12(2)22)17(25)20-15(10-14(23)16(18)24)19-13-7-4-8-13/h11,13,15,19H,4-10H2,1-3H3,(H2,18,24)(H,20,25). The van der Waals surface area contributed by atoms with Crippen molar-refractivity contribution < 1.29 is 19.2 Å². The van der Waals surface area contributed by atoms with Crippen LogP contribution >= 0.6 is 0 Å². The summed E-state index contributed by atoms with van der Waals surface area (Å²) in [5, 5.41) is 6.00. The molecule has 8 nitrogen and oxygen atoms in total. The minimum Gasteiger partial charge on any atom is -0.363 e. The Morgan fingerprint density at radius 2 is 1.88 bits per heavy atom. The third-order valence-electron chi connectivity index (χ3n) is 4.64. The molecule has 1 fully saturated rings. The van der Waals surface area contributed by atoms with Crippen molar-refractivity contribution in [3.05, 3.63) is 0 Å². The van der Waals surface area contributed by atoms with Crippen molar-refractivity contribution in [1.82, 2.24) is 15.5 Å². The van der Waals surface area contributed by atoms with E-state index in [0.29, 0.717) is 19.4 Å². The summed E-state index contributed by atoms with van der Waals surface area (Å²) in [6, 6.07) is 0.255. The number of hydrogen-bond donors (Lipinski definition) is 3. The van der Waals surface area contributed by atoms with Gasteiger partial charge < -0.3 is 16.0 Å². The first kappa shape index (κ1) is 21.1. The van der Waals surface area contributed by atoms with Crippen LogP contribution in [0, 0.1) is 5.92 Å². The van der Waals surface area contributed by atoms with Crippen molar-refractivity contribution in [3.8, 4) is 0 Å². The largest absolute Gasteiger partial charge is 0.363 e. The third-order valence-corrected chi connectivity index (χ3v) is 4.64. The Bertz CT molecular complexity index is 505. The molecule has 4 N–H and O–H groups in total. The highest BCUT2D eigenvalue weighted by Gasteiger charge is 2.26. The van der Waals surface area contributed by atoms with E-state index in [-0.39, 0.29) is 30.2 Å². The summed E-state index contributed by atoms with van der Waals surface area (Å²) in [6.07, 6.45) is 3.71. The first-order chi connectivity index (χ1) is 11.7. The van der Waals surface area contributed by atoms with E-state index in [1.807, 2.05) is 0 Å². The molecule has 0 aromatic carbocycles. The molecule has 1 rings (SSSR count). The fourth-order valence-electron chi connectivity index (χ4n) is 2.53. The van der Waals surface area contributed by atoms with E-state index in [1.165, 1.54) is 6.92 Å². The Morgan fingerprint density at radius 1 is 1.24 bits per heavy atom. The van der Waals surface area contributed by atoms with Gasteiger partial charge in [-0.15, -0.1) is 0 Å². The molecule has 0 saturated heterocycles. The highest BCUT2D eigenvalue weighted by Crippen LogP contribution is 2.19. The number of amides is 3. The molecule has 1 aliphatic carbocycles. The molecular weight excluding hydrogens is 324 g/mol. The molecule has 0 aromatic heterocycles. The molecule has 25 heavy (non-hydrogen) atoms. The molecule has 0 spiro atoms. The van der Waals surface area contributed by atoms with Gasteiger partial charge in [0, 0.05) is 38.9 Å². The maximum absolute atomic E-state index is 12.3. The normalized spacial score (nSPS) is 16.4. The highest BCUT2D eigenvalue weighted by atomic mass is 16.2. The molecule has 0 radical (unpaired) electrons. The average molecular weight is 354 g/mol. The first-order valence-corrected chi connectivity index (χ1v) is 8.81. The summed E-state index contributed by atoms with van der Waals surface area (Å²) in [5.41, 5.74) is 5.01. The van der Waals surface area contributed by atoms with Crippen molar-refractivity contribution in [3.63, 3.8) is 0 Å². The molecule has 1 saturated carbocycles. The molecule has 2 atom stereocenters. The fraction of sp³-hybridized carbons (Fsp3) is 0.765. The van der Waals surface area contributed by atoms with Crippen LogP contribution in [0.15, 0.2) is 0 Å². The number of primary amides is 1. The number of hydrogen-bond acceptors (Lipinski definition) is 5. The van der Waals surface area contributed by atoms with E-state index >= 15 is 0 Å². The first-order valence-electron chi connectivity index (χ1n) is 8.81. The zero-order valence-corrected chi connectivity index (χ0v) is 15.3. The minimum atomic E-state index is -0.991. The monoisotopic (exact) mass is 354 g/mol. The van der Waals surface area contributed by atoms with Crippen LogP contribution in [0.4, 0.5) is 0 Å². The van der Waals surface area contributed by atoms with Gasteiger partial charge in [0.05, 0.1) is 6.17 Å². The van der Waals surface area contributed by atoms with Crippen LogP contribution in [-0.2, 0) is 19.2 Å². The van der Waals surface area contributed by atoms with Crippen LogP contribution in [0.2, 0.25) is 0 Å². The molecule has 3 amide bonds. The maximum Gasteiger partial charge on any atom is 0.284 e. The van der Waals surface area contributed by atoms with Crippen molar-refractivity contribution in [2.75, 3.05) is 13.6 Å². The second-order valence-electron chi connectivity index (χ2n) is 6.83. The van der Waals surface area contributed by atoms with Crippen LogP contribution in [0.5, 0.6) is 0 Å². The summed E-state index contributed by atoms with van der Waals surface area (Å²) in [5.74, 6) is -2.14. The van der Waals surface area contributed by atoms with Gasteiger partial charge in [-0.1, -0.05) is 13.3 Å². The van der Waals surface area contributed by atoms with Gasteiger partial charge in [0.2, 0.25) is 17.6 Å². The molecule has 1 aliphatic rings. The predicted molar refractivity (Wildman–Crippen MR) is 93.2 cm³/mol. The second kappa shape index (κ2) is 10.1. The zero-order valence-electron chi connectivity index (χ0n) is 15.3. The molecule has 0 aromatic rings. The van der Waals surface area contributed by atoms with Crippen LogP contribution < -0.4 is 16.4 Å². The van der Waals surface area contributed by atoms with Crippen LogP contribution in [0.3, 0.4) is 0 Å². The lowest BCUT2D eigenvalue weighted by atomic mass is 9.92. The van der Waals surface area contributed by atoms with E-state index in [9.17, 15) is 19.2 Å². The Labute approximate surface area is 148 Å². The number of nitrogens with one attached hydrogen (secondary N) is 2. The molecule has 2 unspecified atom stereocenters. The average Bonchev–Trinajstić information content (AvgIpc) is 2.49. The topological polar surface area (TPSA) is 122 Å². The van der Waals surface area contributed by atoms with Gasteiger partial charge in [-0.3, -0.25) is 24.5 Å². The van der Waals surface area contributed by atoms with Crippen LogP contribution in [0.1, 0.15) is 52.4 Å². The van der Waals surface area contributed by atoms with Crippen molar-refractivity contribution in [2.45, 2.75) is 64.6 Å². The number of nitrogens with zero attached hydrogens (tertiary/aromatic N) is 1. The highest BCUT2D eigenvalue weighted by molar-refractivity contribution is 6.35. The second-order valence-corrected chi connectivity index (χ2v) is 6.83. The van der Waals surface area contributed by atoms with E-state index in [1.54, 1.807) is 18.9 Å². The Kier molecular flexibility index (Phi) is 8.54. The number of rotatable bonds is 11. The minimum absolute atomic E-state index is 0.00756. The molecular formula is C17H30N4O4. The summed E-state index contributed by atoms with van der Waals surface area (Å²) in [4.78, 5) is 47.7. The van der Waals surface area contributed by atoms with Crippen molar-refractivity contribution >= 4 is 23.5 Å². The molecule has 0 bridgehead atoms. The van der Waals surface area contributed by atoms with Gasteiger partial charge in [-0.25, -0.2) is 0 Å². The van der Waals surface area contributed by atoms with E-state index < -0.39 is 17.9 Å². The summed E-state index contributed by atoms with van der Waals surface area (Å²) >= 11 is 0. The van der Waals surface area contributed by atoms with Gasteiger partial charge in [-0.2, -0.15) is 0 Å². The van der Waals surface area contributed by atoms with Gasteiger partial charge in [0.25, 0.3) is 5.91 Å². The Balaban J connectivity index is 2.46. The number of Topliss-reactive ketones (excluding diaryl/α,β-unsaturated/α-hetero) is 1. The van der Waals surface area contributed by atoms with E-state index in [0.717, 1.165) is 19.3 Å². The smallest absolute Gasteiger partial charge is 0.284 e. The molecule has 8 heteroatoms. The van der Waals surface area contributed by atoms with E-state index in [4.69, 9.17) is 5.73 Å². The van der Waals surface area contributed by atoms with Crippen molar-refractivity contribution in [1.29, 1.82) is 0 Å².